The molecule has 0 spiro atoms. The van der Waals surface area contributed by atoms with E-state index in [1.54, 1.807) is 12.4 Å². The Morgan fingerprint density at radius 1 is 0.905 bits per heavy atom. The van der Waals surface area contributed by atoms with Crippen LogP contribution in [0.2, 0.25) is 5.02 Å². The maximum Gasteiger partial charge on any atom is 0.145 e. The molecule has 1 N–H and O–H groups in total. The van der Waals surface area contributed by atoms with Gasteiger partial charge < -0.3 is 5.32 Å². The Balaban J connectivity index is 1.69. The first-order valence-corrected chi connectivity index (χ1v) is 7.04. The number of anilines is 1. The molecular weight excluding hydrogens is 282 g/mol. The van der Waals surface area contributed by atoms with Gasteiger partial charge in [0.2, 0.25) is 0 Å². The summed E-state index contributed by atoms with van der Waals surface area (Å²) in [6, 6.07) is 16.0. The van der Waals surface area contributed by atoms with Crippen LogP contribution < -0.4 is 5.32 Å². The number of benzene rings is 1. The van der Waals surface area contributed by atoms with Crippen molar-refractivity contribution in [3.05, 3.63) is 77.7 Å². The standard InChI is InChI=1S/C17H14ClN3/c18-16-4-2-10-20-17(16)21-11-13-5-7-14(8-6-13)15-3-1-9-19-12-15/h1-10,12H,11H2,(H,20,21). The summed E-state index contributed by atoms with van der Waals surface area (Å²) in [6.45, 7) is 0.685. The fraction of sp³-hybridized carbons (Fsp3) is 0.0588. The van der Waals surface area contributed by atoms with E-state index in [1.807, 2.05) is 30.5 Å². The fourth-order valence-corrected chi connectivity index (χ4v) is 2.24. The van der Waals surface area contributed by atoms with Crippen LogP contribution in [0.4, 0.5) is 5.82 Å². The molecule has 0 saturated heterocycles. The molecule has 0 bridgehead atoms. The fourth-order valence-electron chi connectivity index (χ4n) is 2.05. The van der Waals surface area contributed by atoms with E-state index >= 15 is 0 Å². The Morgan fingerprint density at radius 3 is 2.43 bits per heavy atom. The summed E-state index contributed by atoms with van der Waals surface area (Å²) in [4.78, 5) is 8.34. The maximum atomic E-state index is 6.06. The van der Waals surface area contributed by atoms with Crippen LogP contribution in [-0.2, 0) is 6.54 Å². The van der Waals surface area contributed by atoms with Gasteiger partial charge in [0.05, 0.1) is 5.02 Å². The van der Waals surface area contributed by atoms with Crippen molar-refractivity contribution in [1.29, 1.82) is 0 Å². The summed E-state index contributed by atoms with van der Waals surface area (Å²) >= 11 is 6.06. The van der Waals surface area contributed by atoms with Gasteiger partial charge in [-0.3, -0.25) is 4.98 Å². The molecule has 104 valence electrons. The third kappa shape index (κ3) is 3.38. The van der Waals surface area contributed by atoms with Gasteiger partial charge in [-0.2, -0.15) is 0 Å². The Bertz CT molecular complexity index is 712. The summed E-state index contributed by atoms with van der Waals surface area (Å²) in [5, 5.41) is 3.86. The lowest BCUT2D eigenvalue weighted by molar-refractivity contribution is 1.11. The Morgan fingerprint density at radius 2 is 1.71 bits per heavy atom. The van der Waals surface area contributed by atoms with Crippen molar-refractivity contribution >= 4 is 17.4 Å². The molecule has 0 fully saturated rings. The second-order valence-corrected chi connectivity index (χ2v) is 5.03. The van der Waals surface area contributed by atoms with Crippen LogP contribution in [0.3, 0.4) is 0 Å². The maximum absolute atomic E-state index is 6.06. The zero-order chi connectivity index (χ0) is 14.5. The van der Waals surface area contributed by atoms with Gasteiger partial charge in [0.25, 0.3) is 0 Å². The molecule has 0 amide bonds. The van der Waals surface area contributed by atoms with Gasteiger partial charge in [0.1, 0.15) is 5.82 Å². The molecule has 2 aromatic heterocycles. The summed E-state index contributed by atoms with van der Waals surface area (Å²) in [5.74, 6) is 0.704. The molecule has 0 aliphatic heterocycles. The predicted molar refractivity (Wildman–Crippen MR) is 86.2 cm³/mol. The highest BCUT2D eigenvalue weighted by atomic mass is 35.5. The second kappa shape index (κ2) is 6.37. The predicted octanol–water partition coefficient (Wildman–Crippen LogP) is 4.41. The van der Waals surface area contributed by atoms with Gasteiger partial charge in [0.15, 0.2) is 0 Å². The number of nitrogens with zero attached hydrogens (tertiary/aromatic N) is 2. The Labute approximate surface area is 128 Å². The first-order chi connectivity index (χ1) is 10.3. The van der Waals surface area contributed by atoms with E-state index < -0.39 is 0 Å². The van der Waals surface area contributed by atoms with Gasteiger partial charge >= 0.3 is 0 Å². The first kappa shape index (κ1) is 13.6. The first-order valence-electron chi connectivity index (χ1n) is 6.67. The monoisotopic (exact) mass is 295 g/mol. The molecule has 1 aromatic carbocycles. The number of hydrogen-bond acceptors (Lipinski definition) is 3. The van der Waals surface area contributed by atoms with E-state index in [2.05, 4.69) is 39.6 Å². The van der Waals surface area contributed by atoms with Crippen LogP contribution in [-0.4, -0.2) is 9.97 Å². The van der Waals surface area contributed by atoms with Crippen molar-refractivity contribution < 1.29 is 0 Å². The molecule has 0 aliphatic rings. The quantitative estimate of drug-likeness (QED) is 0.775. The molecule has 0 radical (unpaired) electrons. The molecule has 2 heterocycles. The van der Waals surface area contributed by atoms with Gasteiger partial charge in [0, 0.05) is 25.1 Å². The van der Waals surface area contributed by atoms with Gasteiger partial charge in [-0.1, -0.05) is 41.9 Å². The van der Waals surface area contributed by atoms with Crippen LogP contribution in [0.5, 0.6) is 0 Å². The zero-order valence-electron chi connectivity index (χ0n) is 11.3. The molecule has 21 heavy (non-hydrogen) atoms. The molecule has 0 atom stereocenters. The van der Waals surface area contributed by atoms with Crippen LogP contribution >= 0.6 is 11.6 Å². The van der Waals surface area contributed by atoms with E-state index in [4.69, 9.17) is 11.6 Å². The van der Waals surface area contributed by atoms with E-state index in [0.717, 1.165) is 11.1 Å². The highest BCUT2D eigenvalue weighted by Crippen LogP contribution is 2.20. The number of rotatable bonds is 4. The molecule has 0 unspecified atom stereocenters. The average Bonchev–Trinajstić information content (AvgIpc) is 2.55. The number of hydrogen-bond donors (Lipinski definition) is 1. The molecule has 0 saturated carbocycles. The normalized spacial score (nSPS) is 10.3. The van der Waals surface area contributed by atoms with Crippen molar-refractivity contribution in [3.8, 4) is 11.1 Å². The Kier molecular flexibility index (Phi) is 4.12. The highest BCUT2D eigenvalue weighted by Gasteiger charge is 2.01. The van der Waals surface area contributed by atoms with Crippen LogP contribution in [0, 0.1) is 0 Å². The number of pyridine rings is 2. The van der Waals surface area contributed by atoms with Crippen molar-refractivity contribution in [2.24, 2.45) is 0 Å². The number of halogens is 1. The van der Waals surface area contributed by atoms with E-state index in [-0.39, 0.29) is 0 Å². The summed E-state index contributed by atoms with van der Waals surface area (Å²) in [5.41, 5.74) is 3.44. The lowest BCUT2D eigenvalue weighted by Crippen LogP contribution is -2.01. The van der Waals surface area contributed by atoms with Crippen molar-refractivity contribution in [1.82, 2.24) is 9.97 Å². The molecule has 3 rings (SSSR count). The molecular formula is C17H14ClN3. The third-order valence-corrected chi connectivity index (χ3v) is 3.47. The van der Waals surface area contributed by atoms with Gasteiger partial charge in [-0.05, 0) is 34.9 Å². The van der Waals surface area contributed by atoms with Crippen molar-refractivity contribution in [2.75, 3.05) is 5.32 Å². The Hall–Kier alpha value is -2.39. The highest BCUT2D eigenvalue weighted by molar-refractivity contribution is 6.32. The van der Waals surface area contributed by atoms with Crippen molar-refractivity contribution in [3.63, 3.8) is 0 Å². The zero-order valence-corrected chi connectivity index (χ0v) is 12.1. The van der Waals surface area contributed by atoms with Gasteiger partial charge in [-0.25, -0.2) is 4.98 Å². The number of aromatic nitrogens is 2. The minimum absolute atomic E-state index is 0.629. The minimum Gasteiger partial charge on any atom is -0.365 e. The SMILES string of the molecule is Clc1cccnc1NCc1ccc(-c2cccnc2)cc1. The summed E-state index contributed by atoms with van der Waals surface area (Å²) in [7, 11) is 0. The van der Waals surface area contributed by atoms with Crippen LogP contribution in [0.1, 0.15) is 5.56 Å². The lowest BCUT2D eigenvalue weighted by Gasteiger charge is -2.08. The average molecular weight is 296 g/mol. The largest absolute Gasteiger partial charge is 0.365 e. The van der Waals surface area contributed by atoms with E-state index in [9.17, 15) is 0 Å². The van der Waals surface area contributed by atoms with Crippen LogP contribution in [0.15, 0.2) is 67.1 Å². The summed E-state index contributed by atoms with van der Waals surface area (Å²) < 4.78 is 0. The summed E-state index contributed by atoms with van der Waals surface area (Å²) in [6.07, 6.45) is 5.36. The molecule has 0 aliphatic carbocycles. The van der Waals surface area contributed by atoms with E-state index in [1.165, 1.54) is 5.56 Å². The van der Waals surface area contributed by atoms with Gasteiger partial charge in [-0.15, -0.1) is 0 Å². The number of nitrogens with one attached hydrogen (secondary N) is 1. The molecule has 3 nitrogen and oxygen atoms in total. The van der Waals surface area contributed by atoms with Crippen molar-refractivity contribution in [2.45, 2.75) is 6.54 Å². The third-order valence-electron chi connectivity index (χ3n) is 3.17. The van der Waals surface area contributed by atoms with Crippen LogP contribution in [0.25, 0.3) is 11.1 Å². The molecule has 4 heteroatoms. The topological polar surface area (TPSA) is 37.8 Å². The lowest BCUT2D eigenvalue weighted by atomic mass is 10.1. The van der Waals surface area contributed by atoms with E-state index in [0.29, 0.717) is 17.4 Å². The smallest absolute Gasteiger partial charge is 0.145 e. The minimum atomic E-state index is 0.629. The second-order valence-electron chi connectivity index (χ2n) is 4.63. The molecule has 3 aromatic rings.